The summed E-state index contributed by atoms with van der Waals surface area (Å²) in [6, 6.07) is 5.97. The van der Waals surface area contributed by atoms with Crippen molar-refractivity contribution in [1.29, 1.82) is 5.26 Å². The summed E-state index contributed by atoms with van der Waals surface area (Å²) in [7, 11) is 0. The first-order chi connectivity index (χ1) is 5.76. The van der Waals surface area contributed by atoms with Gasteiger partial charge in [0.05, 0.1) is 22.4 Å². The number of nitriles is 1. The SMILES string of the molecule is N#CC(CO)Cc1ccc(Br)s1. The number of rotatable bonds is 3. The lowest BCUT2D eigenvalue weighted by Gasteiger charge is -2.00. The normalized spacial score (nSPS) is 12.4. The molecular formula is C8H8BrNOS. The van der Waals surface area contributed by atoms with Crippen molar-refractivity contribution in [3.05, 3.63) is 20.8 Å². The molecule has 0 aromatic carbocycles. The smallest absolute Gasteiger partial charge is 0.0742 e. The largest absolute Gasteiger partial charge is 0.395 e. The molecule has 0 aliphatic carbocycles. The highest BCUT2D eigenvalue weighted by atomic mass is 79.9. The number of aliphatic hydroxyl groups is 1. The molecule has 0 spiro atoms. The Morgan fingerprint density at radius 3 is 2.83 bits per heavy atom. The first-order valence-corrected chi connectivity index (χ1v) is 5.12. The van der Waals surface area contributed by atoms with Crippen LogP contribution in [0.25, 0.3) is 0 Å². The van der Waals surface area contributed by atoms with E-state index in [0.29, 0.717) is 6.42 Å². The van der Waals surface area contributed by atoms with Gasteiger partial charge in [-0.25, -0.2) is 0 Å². The minimum atomic E-state index is -0.268. The molecule has 4 heteroatoms. The predicted molar refractivity (Wildman–Crippen MR) is 51.9 cm³/mol. The van der Waals surface area contributed by atoms with Gasteiger partial charge in [-0.2, -0.15) is 5.26 Å². The molecule has 2 nitrogen and oxygen atoms in total. The van der Waals surface area contributed by atoms with E-state index in [1.54, 1.807) is 11.3 Å². The number of thiophene rings is 1. The molecule has 0 saturated heterocycles. The standard InChI is InChI=1S/C8H8BrNOS/c9-8-2-1-7(12-8)3-6(4-10)5-11/h1-2,6,11H,3,5H2. The van der Waals surface area contributed by atoms with Crippen molar-refractivity contribution < 1.29 is 5.11 Å². The zero-order chi connectivity index (χ0) is 8.97. The van der Waals surface area contributed by atoms with Crippen LogP contribution < -0.4 is 0 Å². The maximum Gasteiger partial charge on any atom is 0.0742 e. The van der Waals surface area contributed by atoms with E-state index in [0.717, 1.165) is 8.66 Å². The summed E-state index contributed by atoms with van der Waals surface area (Å²) in [5.74, 6) is -0.268. The molecule has 64 valence electrons. The van der Waals surface area contributed by atoms with E-state index in [4.69, 9.17) is 10.4 Å². The maximum atomic E-state index is 8.76. The summed E-state index contributed by atoms with van der Waals surface area (Å²) < 4.78 is 1.06. The number of aliphatic hydroxyl groups excluding tert-OH is 1. The first kappa shape index (κ1) is 9.72. The van der Waals surface area contributed by atoms with Crippen molar-refractivity contribution in [1.82, 2.24) is 0 Å². The van der Waals surface area contributed by atoms with E-state index in [2.05, 4.69) is 22.0 Å². The Balaban J connectivity index is 2.58. The highest BCUT2D eigenvalue weighted by Crippen LogP contribution is 2.24. The highest BCUT2D eigenvalue weighted by molar-refractivity contribution is 9.11. The van der Waals surface area contributed by atoms with Gasteiger partial charge < -0.3 is 5.11 Å². The van der Waals surface area contributed by atoms with E-state index >= 15 is 0 Å². The van der Waals surface area contributed by atoms with Crippen molar-refractivity contribution in [3.8, 4) is 6.07 Å². The van der Waals surface area contributed by atoms with Gasteiger partial charge in [-0.3, -0.25) is 0 Å². The van der Waals surface area contributed by atoms with Crippen LogP contribution in [-0.2, 0) is 6.42 Å². The maximum absolute atomic E-state index is 8.76. The molecular weight excluding hydrogens is 238 g/mol. The summed E-state index contributed by atoms with van der Waals surface area (Å²) in [5.41, 5.74) is 0. The van der Waals surface area contributed by atoms with Crippen LogP contribution in [-0.4, -0.2) is 11.7 Å². The van der Waals surface area contributed by atoms with Crippen LogP contribution in [0.3, 0.4) is 0 Å². The molecule has 12 heavy (non-hydrogen) atoms. The van der Waals surface area contributed by atoms with Gasteiger partial charge in [0, 0.05) is 4.88 Å². The average Bonchev–Trinajstić information content (AvgIpc) is 2.47. The van der Waals surface area contributed by atoms with Gasteiger partial charge in [-0.05, 0) is 34.5 Å². The zero-order valence-corrected chi connectivity index (χ0v) is 8.73. The molecule has 0 radical (unpaired) electrons. The van der Waals surface area contributed by atoms with Crippen molar-refractivity contribution in [2.24, 2.45) is 5.92 Å². The summed E-state index contributed by atoms with van der Waals surface area (Å²) >= 11 is 4.94. The van der Waals surface area contributed by atoms with Gasteiger partial charge >= 0.3 is 0 Å². The second-order valence-corrected chi connectivity index (χ2v) is 4.97. The molecule has 1 aromatic rings. The minimum Gasteiger partial charge on any atom is -0.395 e. The van der Waals surface area contributed by atoms with Gasteiger partial charge in [0.1, 0.15) is 0 Å². The number of hydrogen-bond acceptors (Lipinski definition) is 3. The molecule has 0 amide bonds. The Morgan fingerprint density at radius 1 is 1.67 bits per heavy atom. The third kappa shape index (κ3) is 2.59. The average molecular weight is 246 g/mol. The second kappa shape index (κ2) is 4.61. The van der Waals surface area contributed by atoms with E-state index in [1.807, 2.05) is 12.1 Å². The molecule has 0 aliphatic rings. The van der Waals surface area contributed by atoms with Gasteiger partial charge in [0.2, 0.25) is 0 Å². The first-order valence-electron chi connectivity index (χ1n) is 3.51. The minimum absolute atomic E-state index is 0.0635. The molecule has 0 fully saturated rings. The van der Waals surface area contributed by atoms with Gasteiger partial charge in [0.15, 0.2) is 0 Å². The van der Waals surface area contributed by atoms with Crippen LogP contribution in [0.4, 0.5) is 0 Å². The van der Waals surface area contributed by atoms with Crippen molar-refractivity contribution in [2.45, 2.75) is 6.42 Å². The molecule has 0 saturated carbocycles. The van der Waals surface area contributed by atoms with Crippen molar-refractivity contribution in [2.75, 3.05) is 6.61 Å². The van der Waals surface area contributed by atoms with Crippen LogP contribution in [0, 0.1) is 17.2 Å². The summed E-state index contributed by atoms with van der Waals surface area (Å²) in [6.45, 7) is -0.0635. The fourth-order valence-corrected chi connectivity index (χ4v) is 2.42. The summed E-state index contributed by atoms with van der Waals surface area (Å²) in [5, 5.41) is 17.3. The lowest BCUT2D eigenvalue weighted by molar-refractivity contribution is 0.256. The lowest BCUT2D eigenvalue weighted by Crippen LogP contribution is -2.05. The van der Waals surface area contributed by atoms with Gasteiger partial charge in [-0.15, -0.1) is 11.3 Å². The van der Waals surface area contributed by atoms with Crippen molar-refractivity contribution in [3.63, 3.8) is 0 Å². The molecule has 1 heterocycles. The van der Waals surface area contributed by atoms with Gasteiger partial charge in [-0.1, -0.05) is 0 Å². The summed E-state index contributed by atoms with van der Waals surface area (Å²) in [4.78, 5) is 1.13. The Hall–Kier alpha value is -0.370. The van der Waals surface area contributed by atoms with Crippen LogP contribution in [0.5, 0.6) is 0 Å². The van der Waals surface area contributed by atoms with Crippen LogP contribution in [0.2, 0.25) is 0 Å². The number of hydrogen-bond donors (Lipinski definition) is 1. The van der Waals surface area contributed by atoms with E-state index in [-0.39, 0.29) is 12.5 Å². The molecule has 1 aromatic heterocycles. The highest BCUT2D eigenvalue weighted by Gasteiger charge is 2.08. The van der Waals surface area contributed by atoms with E-state index in [1.165, 1.54) is 0 Å². The summed E-state index contributed by atoms with van der Waals surface area (Å²) in [6.07, 6.45) is 0.642. The van der Waals surface area contributed by atoms with E-state index in [9.17, 15) is 0 Å². The molecule has 1 atom stereocenters. The Morgan fingerprint density at radius 2 is 2.42 bits per heavy atom. The molecule has 0 bridgehead atoms. The third-order valence-corrected chi connectivity index (χ3v) is 3.13. The Labute approximate surface area is 83.6 Å². The molecule has 1 N–H and O–H groups in total. The van der Waals surface area contributed by atoms with Crippen LogP contribution in [0.1, 0.15) is 4.88 Å². The monoisotopic (exact) mass is 245 g/mol. The van der Waals surface area contributed by atoms with Crippen LogP contribution in [0.15, 0.2) is 15.9 Å². The Bertz CT molecular complexity index is 291. The van der Waals surface area contributed by atoms with Gasteiger partial charge in [0.25, 0.3) is 0 Å². The van der Waals surface area contributed by atoms with Crippen LogP contribution >= 0.6 is 27.3 Å². The third-order valence-electron chi connectivity index (χ3n) is 1.48. The van der Waals surface area contributed by atoms with E-state index < -0.39 is 0 Å². The fraction of sp³-hybridized carbons (Fsp3) is 0.375. The Kier molecular flexibility index (Phi) is 3.73. The molecule has 1 rings (SSSR count). The predicted octanol–water partition coefficient (Wildman–Crippen LogP) is 2.19. The number of nitrogens with zero attached hydrogens (tertiary/aromatic N) is 1. The second-order valence-electron chi connectivity index (χ2n) is 2.42. The zero-order valence-electron chi connectivity index (χ0n) is 6.33. The molecule has 1 unspecified atom stereocenters. The van der Waals surface area contributed by atoms with Crippen molar-refractivity contribution >= 4 is 27.3 Å². The topological polar surface area (TPSA) is 44.0 Å². The lowest BCUT2D eigenvalue weighted by atomic mass is 10.1. The fourth-order valence-electron chi connectivity index (χ4n) is 0.855. The number of halogens is 1. The molecule has 0 aliphatic heterocycles. The quantitative estimate of drug-likeness (QED) is 0.888.